The summed E-state index contributed by atoms with van der Waals surface area (Å²) in [5.41, 5.74) is 2.87. The minimum Gasteiger partial charge on any atom is -0.445 e. The molecule has 0 aliphatic carbocycles. The molecule has 26 heavy (non-hydrogen) atoms. The van der Waals surface area contributed by atoms with Gasteiger partial charge in [-0.1, -0.05) is 47.5 Å². The van der Waals surface area contributed by atoms with Crippen LogP contribution in [0.15, 0.2) is 36.4 Å². The van der Waals surface area contributed by atoms with E-state index >= 15 is 0 Å². The molecule has 2 aromatic carbocycles. The van der Waals surface area contributed by atoms with Gasteiger partial charge in [-0.3, -0.25) is 4.79 Å². The molecule has 0 spiro atoms. The van der Waals surface area contributed by atoms with Crippen molar-refractivity contribution < 1.29 is 14.1 Å². The number of aryl methyl sites for hydroxylation is 2. The van der Waals surface area contributed by atoms with Crippen molar-refractivity contribution in [3.8, 4) is 0 Å². The molecule has 0 amide bonds. The molecular weight excluding hydrogens is 390 g/mol. The second kappa shape index (κ2) is 10.1. The minimum atomic E-state index is -0.280. The van der Waals surface area contributed by atoms with E-state index in [0.717, 1.165) is 23.7 Å². The van der Waals surface area contributed by atoms with E-state index in [4.69, 9.17) is 27.7 Å². The zero-order valence-corrected chi connectivity index (χ0v) is 17.3. The minimum absolute atomic E-state index is 0.0588. The predicted molar refractivity (Wildman–Crippen MR) is 109 cm³/mol. The van der Waals surface area contributed by atoms with E-state index in [2.05, 4.69) is 0 Å². The van der Waals surface area contributed by atoms with Crippen molar-refractivity contribution in [3.63, 3.8) is 0 Å². The van der Waals surface area contributed by atoms with Crippen molar-refractivity contribution in [1.82, 2.24) is 0 Å². The van der Waals surface area contributed by atoms with Gasteiger partial charge in [0.25, 0.3) is 0 Å². The number of carbonyl (C=O) groups excluding carboxylic acids is 2. The average molecular weight is 411 g/mol. The second-order valence-electron chi connectivity index (χ2n) is 6.03. The van der Waals surface area contributed by atoms with Crippen LogP contribution in [0.25, 0.3) is 0 Å². The van der Waals surface area contributed by atoms with E-state index in [9.17, 15) is 9.59 Å². The van der Waals surface area contributed by atoms with Crippen LogP contribution in [0.2, 0.25) is 10.0 Å². The van der Waals surface area contributed by atoms with Gasteiger partial charge in [-0.2, -0.15) is 0 Å². The maximum atomic E-state index is 12.2. The third-order valence-corrected chi connectivity index (χ3v) is 5.54. The van der Waals surface area contributed by atoms with E-state index in [1.165, 1.54) is 0 Å². The highest BCUT2D eigenvalue weighted by Gasteiger charge is 2.15. The Hall–Kier alpha value is -1.41. The number of rotatable bonds is 8. The summed E-state index contributed by atoms with van der Waals surface area (Å²) < 4.78 is 5.38. The number of Topliss-reactive ketones (excluding diaryl/α,β-unsaturated/α-hetero) is 1. The van der Waals surface area contributed by atoms with Crippen molar-refractivity contribution >= 4 is 43.8 Å². The molecule has 2 aromatic rings. The van der Waals surface area contributed by atoms with Crippen LogP contribution >= 0.6 is 32.0 Å². The van der Waals surface area contributed by atoms with Crippen LogP contribution in [0.3, 0.4) is 0 Å². The number of halogens is 2. The smallest absolute Gasteiger partial charge is 0.341 e. The number of benzene rings is 2. The average Bonchev–Trinajstić information content (AvgIpc) is 2.57. The molecule has 0 saturated carbocycles. The Bertz CT molecular complexity index is 698. The van der Waals surface area contributed by atoms with Crippen LogP contribution in [0.1, 0.15) is 51.1 Å². The first kappa shape index (κ1) is 20.9. The summed E-state index contributed by atoms with van der Waals surface area (Å²) >= 11 is 12.1. The number of hydrogen-bond acceptors (Lipinski definition) is 3. The molecule has 0 heterocycles. The molecule has 0 N–H and O–H groups in total. The van der Waals surface area contributed by atoms with Crippen molar-refractivity contribution in [1.29, 1.82) is 0 Å². The lowest BCUT2D eigenvalue weighted by Crippen LogP contribution is -2.05. The Kier molecular flexibility index (Phi) is 8.09. The van der Waals surface area contributed by atoms with Gasteiger partial charge < -0.3 is 4.52 Å². The van der Waals surface area contributed by atoms with Crippen LogP contribution in [-0.2, 0) is 4.52 Å². The molecule has 0 aliphatic heterocycles. The fourth-order valence-electron chi connectivity index (χ4n) is 2.68. The first-order chi connectivity index (χ1) is 12.4. The molecule has 1 atom stereocenters. The van der Waals surface area contributed by atoms with Crippen LogP contribution in [0, 0.1) is 13.8 Å². The lowest BCUT2D eigenvalue weighted by Gasteiger charge is -2.09. The maximum Gasteiger partial charge on any atom is 0.341 e. The van der Waals surface area contributed by atoms with Gasteiger partial charge in [0.2, 0.25) is 0 Å². The maximum absolute atomic E-state index is 12.2. The summed E-state index contributed by atoms with van der Waals surface area (Å²) in [6.07, 6.45) is 2.61. The zero-order chi connectivity index (χ0) is 19.1. The van der Waals surface area contributed by atoms with Gasteiger partial charge in [-0.25, -0.2) is 4.79 Å². The Morgan fingerprint density at radius 1 is 0.923 bits per heavy atom. The van der Waals surface area contributed by atoms with Gasteiger partial charge in [0, 0.05) is 12.6 Å². The lowest BCUT2D eigenvalue weighted by molar-refractivity contribution is 0.0758. The van der Waals surface area contributed by atoms with E-state index < -0.39 is 0 Å². The van der Waals surface area contributed by atoms with Crippen LogP contribution in [0.4, 0.5) is 0 Å². The Morgan fingerprint density at radius 2 is 1.50 bits per heavy atom. The molecule has 0 aromatic heterocycles. The monoisotopic (exact) mass is 410 g/mol. The SMILES string of the molecule is Cc1cccc(C)c1C(=O)OPCCCCC(=O)c1c(Cl)cccc1Cl. The van der Waals surface area contributed by atoms with Crippen molar-refractivity contribution in [2.45, 2.75) is 33.1 Å². The third-order valence-electron chi connectivity index (χ3n) is 4.02. The molecular formula is C20H21Cl2O3P. The molecule has 0 saturated heterocycles. The fraction of sp³-hybridized carbons (Fsp3) is 0.300. The molecule has 0 fully saturated rings. The topological polar surface area (TPSA) is 43.4 Å². The largest absolute Gasteiger partial charge is 0.445 e. The number of ketones is 1. The van der Waals surface area contributed by atoms with Crippen LogP contribution in [0.5, 0.6) is 0 Å². The summed E-state index contributed by atoms with van der Waals surface area (Å²) in [4.78, 5) is 24.4. The molecule has 2 rings (SSSR count). The van der Waals surface area contributed by atoms with Crippen molar-refractivity contribution in [2.75, 3.05) is 6.16 Å². The Morgan fingerprint density at radius 3 is 2.12 bits per heavy atom. The van der Waals surface area contributed by atoms with E-state index in [1.807, 2.05) is 32.0 Å². The van der Waals surface area contributed by atoms with Gasteiger partial charge in [0.05, 0.1) is 30.0 Å². The summed E-state index contributed by atoms with van der Waals surface area (Å²) in [6, 6.07) is 10.8. The first-order valence-corrected chi connectivity index (χ1v) is 10.3. The van der Waals surface area contributed by atoms with Gasteiger partial charge in [-0.15, -0.1) is 0 Å². The number of hydrogen-bond donors (Lipinski definition) is 0. The molecule has 1 unspecified atom stereocenters. The highest BCUT2D eigenvalue weighted by atomic mass is 35.5. The molecule has 0 bridgehead atoms. The molecule has 3 nitrogen and oxygen atoms in total. The van der Waals surface area contributed by atoms with E-state index in [-0.39, 0.29) is 20.6 Å². The normalized spacial score (nSPS) is 11.1. The quantitative estimate of drug-likeness (QED) is 0.286. The molecule has 0 radical (unpaired) electrons. The second-order valence-corrected chi connectivity index (χ2v) is 7.83. The number of unbranched alkanes of at least 4 members (excludes halogenated alkanes) is 1. The highest BCUT2D eigenvalue weighted by molar-refractivity contribution is 7.32. The van der Waals surface area contributed by atoms with Crippen molar-refractivity contribution in [3.05, 3.63) is 68.7 Å². The lowest BCUT2D eigenvalue weighted by atomic mass is 10.0. The van der Waals surface area contributed by atoms with Crippen LogP contribution in [-0.4, -0.2) is 17.9 Å². The standard InChI is InChI=1S/C20H21Cl2O3P/c1-13-7-5-8-14(2)18(13)20(24)25-26-12-4-3-11-17(23)19-15(21)9-6-10-16(19)22/h5-10,26H,3-4,11-12H2,1-2H3. The summed E-state index contributed by atoms with van der Waals surface area (Å²) in [6.45, 7) is 3.80. The first-order valence-electron chi connectivity index (χ1n) is 8.39. The fourth-order valence-corrected chi connectivity index (χ4v) is 4.01. The molecule has 138 valence electrons. The van der Waals surface area contributed by atoms with Gasteiger partial charge >= 0.3 is 5.97 Å². The number of carbonyl (C=O) groups is 2. The summed E-state index contributed by atoms with van der Waals surface area (Å²) in [7, 11) is 0.0831. The zero-order valence-electron chi connectivity index (χ0n) is 14.8. The summed E-state index contributed by atoms with van der Waals surface area (Å²) in [5.74, 6) is -0.339. The molecule has 0 aliphatic rings. The third kappa shape index (κ3) is 5.54. The Labute approximate surface area is 165 Å². The van der Waals surface area contributed by atoms with Gasteiger partial charge in [0.15, 0.2) is 5.78 Å². The predicted octanol–water partition coefficient (Wildman–Crippen LogP) is 6.41. The Balaban J connectivity index is 1.73. The highest BCUT2D eigenvalue weighted by Crippen LogP contribution is 2.27. The van der Waals surface area contributed by atoms with Crippen molar-refractivity contribution in [2.24, 2.45) is 0 Å². The molecule has 6 heteroatoms. The van der Waals surface area contributed by atoms with Crippen LogP contribution < -0.4 is 0 Å². The van der Waals surface area contributed by atoms with Gasteiger partial charge in [-0.05, 0) is 49.9 Å². The summed E-state index contributed by atoms with van der Waals surface area (Å²) in [5, 5.41) is 0.763. The van der Waals surface area contributed by atoms with E-state index in [0.29, 0.717) is 34.0 Å². The van der Waals surface area contributed by atoms with E-state index in [1.54, 1.807) is 18.2 Å². The van der Waals surface area contributed by atoms with Gasteiger partial charge in [0.1, 0.15) is 0 Å².